The van der Waals surface area contributed by atoms with E-state index in [9.17, 15) is 4.79 Å². The SMILES string of the molecule is CCN(CC)C1(C(=O)c2ccccc2)CC=CCC1. The van der Waals surface area contributed by atoms with E-state index in [2.05, 4.69) is 30.9 Å². The topological polar surface area (TPSA) is 20.3 Å². The van der Waals surface area contributed by atoms with Crippen LogP contribution in [0.15, 0.2) is 42.5 Å². The molecule has 0 saturated heterocycles. The molecule has 2 rings (SSSR count). The third-order valence-corrected chi connectivity index (χ3v) is 4.17. The van der Waals surface area contributed by atoms with Gasteiger partial charge in [0.15, 0.2) is 5.78 Å². The summed E-state index contributed by atoms with van der Waals surface area (Å²) < 4.78 is 0. The number of hydrogen-bond donors (Lipinski definition) is 0. The molecule has 0 radical (unpaired) electrons. The first-order valence-electron chi connectivity index (χ1n) is 7.24. The van der Waals surface area contributed by atoms with Crippen molar-refractivity contribution in [3.63, 3.8) is 0 Å². The summed E-state index contributed by atoms with van der Waals surface area (Å²) in [5, 5.41) is 0. The van der Waals surface area contributed by atoms with E-state index < -0.39 is 0 Å². The molecule has 0 bridgehead atoms. The van der Waals surface area contributed by atoms with Crippen LogP contribution in [0.3, 0.4) is 0 Å². The van der Waals surface area contributed by atoms with Crippen LogP contribution >= 0.6 is 0 Å². The van der Waals surface area contributed by atoms with E-state index >= 15 is 0 Å². The van der Waals surface area contributed by atoms with Crippen molar-refractivity contribution in [2.45, 2.75) is 38.6 Å². The highest BCUT2D eigenvalue weighted by Crippen LogP contribution is 2.33. The summed E-state index contributed by atoms with van der Waals surface area (Å²) in [7, 11) is 0. The lowest BCUT2D eigenvalue weighted by Crippen LogP contribution is -2.55. The summed E-state index contributed by atoms with van der Waals surface area (Å²) in [5.41, 5.74) is 0.504. The van der Waals surface area contributed by atoms with E-state index in [1.54, 1.807) is 0 Å². The monoisotopic (exact) mass is 257 g/mol. The standard InChI is InChI=1S/C17H23NO/c1-3-18(4-2)17(13-9-6-10-14-17)16(19)15-11-7-5-8-12-15/h5-9,11-12H,3-4,10,13-14H2,1-2H3. The molecule has 1 aliphatic carbocycles. The number of hydrogen-bond acceptors (Lipinski definition) is 2. The van der Waals surface area contributed by atoms with Gasteiger partial charge in [0.05, 0.1) is 5.54 Å². The number of likely N-dealkylation sites (N-methyl/N-ethyl adjacent to an activating group) is 1. The molecule has 1 aromatic rings. The smallest absolute Gasteiger partial charge is 0.183 e. The molecule has 0 heterocycles. The van der Waals surface area contributed by atoms with Crippen molar-refractivity contribution in [3.05, 3.63) is 48.0 Å². The molecule has 0 aliphatic heterocycles. The van der Waals surface area contributed by atoms with Crippen LogP contribution in [0.2, 0.25) is 0 Å². The van der Waals surface area contributed by atoms with E-state index in [-0.39, 0.29) is 11.3 Å². The van der Waals surface area contributed by atoms with Gasteiger partial charge in [-0.15, -0.1) is 0 Å². The van der Waals surface area contributed by atoms with Crippen LogP contribution in [0.5, 0.6) is 0 Å². The molecule has 0 N–H and O–H groups in total. The summed E-state index contributed by atoms with van der Waals surface area (Å²) in [4.78, 5) is 15.3. The Morgan fingerprint density at radius 2 is 1.84 bits per heavy atom. The molecule has 0 saturated carbocycles. The van der Waals surface area contributed by atoms with Gasteiger partial charge in [-0.05, 0) is 32.4 Å². The molecular weight excluding hydrogens is 234 g/mol. The van der Waals surface area contributed by atoms with Crippen molar-refractivity contribution >= 4 is 5.78 Å². The van der Waals surface area contributed by atoms with Crippen LogP contribution < -0.4 is 0 Å². The second-order valence-electron chi connectivity index (χ2n) is 5.11. The van der Waals surface area contributed by atoms with E-state index in [4.69, 9.17) is 0 Å². The summed E-state index contributed by atoms with van der Waals surface area (Å²) in [5.74, 6) is 0.279. The van der Waals surface area contributed by atoms with Crippen LogP contribution in [-0.2, 0) is 0 Å². The van der Waals surface area contributed by atoms with Gasteiger partial charge in [0.25, 0.3) is 0 Å². The lowest BCUT2D eigenvalue weighted by Gasteiger charge is -2.43. The van der Waals surface area contributed by atoms with Gasteiger partial charge in [-0.1, -0.05) is 56.3 Å². The number of Topliss-reactive ketones (excluding diaryl/α,β-unsaturated/α-hetero) is 1. The van der Waals surface area contributed by atoms with Crippen molar-refractivity contribution in [2.24, 2.45) is 0 Å². The first kappa shape index (κ1) is 14.0. The Balaban J connectivity index is 2.38. The summed E-state index contributed by atoms with van der Waals surface area (Å²) >= 11 is 0. The highest BCUT2D eigenvalue weighted by Gasteiger charge is 2.42. The zero-order chi connectivity index (χ0) is 13.7. The average Bonchev–Trinajstić information content (AvgIpc) is 2.49. The normalized spacial score (nSPS) is 22.7. The molecule has 102 valence electrons. The Morgan fingerprint density at radius 1 is 1.16 bits per heavy atom. The van der Waals surface area contributed by atoms with Crippen molar-refractivity contribution in [1.29, 1.82) is 0 Å². The predicted octanol–water partition coefficient (Wildman–Crippen LogP) is 3.69. The number of rotatable bonds is 5. The third-order valence-electron chi connectivity index (χ3n) is 4.17. The lowest BCUT2D eigenvalue weighted by molar-refractivity contribution is 0.0531. The van der Waals surface area contributed by atoms with Crippen LogP contribution in [0.25, 0.3) is 0 Å². The second kappa shape index (κ2) is 6.16. The molecule has 2 heteroatoms. The van der Waals surface area contributed by atoms with Gasteiger partial charge < -0.3 is 0 Å². The molecule has 19 heavy (non-hydrogen) atoms. The maximum atomic E-state index is 13.0. The number of allylic oxidation sites excluding steroid dienone is 1. The minimum Gasteiger partial charge on any atom is -0.292 e. The minimum absolute atomic E-state index is 0.279. The molecule has 0 amide bonds. The largest absolute Gasteiger partial charge is 0.292 e. The van der Waals surface area contributed by atoms with E-state index in [0.29, 0.717) is 0 Å². The van der Waals surface area contributed by atoms with Gasteiger partial charge in [-0.25, -0.2) is 0 Å². The van der Waals surface area contributed by atoms with Crippen LogP contribution in [0.4, 0.5) is 0 Å². The van der Waals surface area contributed by atoms with Gasteiger partial charge in [0, 0.05) is 5.56 Å². The Labute approximate surface area is 116 Å². The summed E-state index contributed by atoms with van der Waals surface area (Å²) in [6, 6.07) is 9.73. The maximum Gasteiger partial charge on any atom is 0.183 e. The predicted molar refractivity (Wildman–Crippen MR) is 79.4 cm³/mol. The van der Waals surface area contributed by atoms with Crippen molar-refractivity contribution in [3.8, 4) is 0 Å². The quantitative estimate of drug-likeness (QED) is 0.592. The van der Waals surface area contributed by atoms with Crippen LogP contribution in [0, 0.1) is 0 Å². The minimum atomic E-state index is -0.334. The van der Waals surface area contributed by atoms with Crippen LogP contribution in [-0.4, -0.2) is 29.3 Å². The fourth-order valence-electron chi connectivity index (χ4n) is 3.14. The molecule has 0 spiro atoms. The van der Waals surface area contributed by atoms with Gasteiger partial charge in [0.2, 0.25) is 0 Å². The number of ketones is 1. The molecule has 1 atom stereocenters. The summed E-state index contributed by atoms with van der Waals surface area (Å²) in [6.45, 7) is 6.12. The highest BCUT2D eigenvalue weighted by atomic mass is 16.1. The fraction of sp³-hybridized carbons (Fsp3) is 0.471. The van der Waals surface area contributed by atoms with E-state index in [1.165, 1.54) is 0 Å². The van der Waals surface area contributed by atoms with Crippen molar-refractivity contribution < 1.29 is 4.79 Å². The van der Waals surface area contributed by atoms with Gasteiger partial charge in [0.1, 0.15) is 0 Å². The summed E-state index contributed by atoms with van der Waals surface area (Å²) in [6.07, 6.45) is 7.12. The number of benzene rings is 1. The number of carbonyl (C=O) groups excluding carboxylic acids is 1. The second-order valence-corrected chi connectivity index (χ2v) is 5.11. The van der Waals surface area contributed by atoms with Gasteiger partial charge in [-0.3, -0.25) is 9.69 Å². The molecule has 1 aromatic carbocycles. The molecule has 1 unspecified atom stereocenters. The zero-order valence-corrected chi connectivity index (χ0v) is 11.9. The Kier molecular flexibility index (Phi) is 4.54. The Hall–Kier alpha value is -1.41. The Bertz CT molecular complexity index is 448. The van der Waals surface area contributed by atoms with E-state index in [0.717, 1.165) is 37.9 Å². The maximum absolute atomic E-state index is 13.0. The first-order valence-corrected chi connectivity index (χ1v) is 7.24. The molecule has 0 fully saturated rings. The zero-order valence-electron chi connectivity index (χ0n) is 11.9. The molecule has 0 aromatic heterocycles. The molecule has 1 aliphatic rings. The van der Waals surface area contributed by atoms with Gasteiger partial charge >= 0.3 is 0 Å². The van der Waals surface area contributed by atoms with Gasteiger partial charge in [-0.2, -0.15) is 0 Å². The molecular formula is C17H23NO. The van der Waals surface area contributed by atoms with Crippen molar-refractivity contribution in [2.75, 3.05) is 13.1 Å². The van der Waals surface area contributed by atoms with E-state index in [1.807, 2.05) is 30.3 Å². The third kappa shape index (κ3) is 2.64. The van der Waals surface area contributed by atoms with Crippen LogP contribution in [0.1, 0.15) is 43.5 Å². The lowest BCUT2D eigenvalue weighted by atomic mass is 9.78. The average molecular weight is 257 g/mol. The highest BCUT2D eigenvalue weighted by molar-refractivity contribution is 6.03. The van der Waals surface area contributed by atoms with Crippen molar-refractivity contribution in [1.82, 2.24) is 4.90 Å². The number of nitrogens with zero attached hydrogens (tertiary/aromatic N) is 1. The number of carbonyl (C=O) groups is 1. The Morgan fingerprint density at radius 3 is 2.37 bits per heavy atom. The molecule has 2 nitrogen and oxygen atoms in total. The fourth-order valence-corrected chi connectivity index (χ4v) is 3.14. The first-order chi connectivity index (χ1) is 9.24.